The van der Waals surface area contributed by atoms with Crippen LogP contribution in [0.15, 0.2) is 29.2 Å². The van der Waals surface area contributed by atoms with E-state index < -0.39 is 0 Å². The third kappa shape index (κ3) is 5.18. The average molecular weight is 343 g/mol. The normalized spacial score (nSPS) is 16.1. The molecule has 1 amide bonds. The second-order valence-corrected chi connectivity index (χ2v) is 7.18. The predicted octanol–water partition coefficient (Wildman–Crippen LogP) is 3.55. The van der Waals surface area contributed by atoms with E-state index in [2.05, 4.69) is 48.7 Å². The molecule has 2 N–H and O–H groups in total. The highest BCUT2D eigenvalue weighted by molar-refractivity contribution is 8.01. The maximum atomic E-state index is 12.6. The van der Waals surface area contributed by atoms with Crippen molar-refractivity contribution in [2.75, 3.05) is 19.6 Å². The van der Waals surface area contributed by atoms with Gasteiger partial charge in [-0.25, -0.2) is 0 Å². The number of halogens is 1. The Kier molecular flexibility index (Phi) is 8.29. The van der Waals surface area contributed by atoms with Gasteiger partial charge >= 0.3 is 0 Å². The van der Waals surface area contributed by atoms with E-state index in [1.807, 2.05) is 0 Å². The Morgan fingerprint density at radius 2 is 1.82 bits per heavy atom. The molecule has 0 saturated heterocycles. The predicted molar refractivity (Wildman–Crippen MR) is 97.0 cm³/mol. The van der Waals surface area contributed by atoms with Crippen molar-refractivity contribution in [2.45, 2.75) is 49.2 Å². The summed E-state index contributed by atoms with van der Waals surface area (Å²) in [4.78, 5) is 13.8. The minimum Gasteiger partial charge on any atom is -0.354 e. The Morgan fingerprint density at radius 1 is 1.18 bits per heavy atom. The zero-order valence-corrected chi connectivity index (χ0v) is 15.1. The number of thioether (sulfide) groups is 1. The maximum Gasteiger partial charge on any atom is 0.236 e. The minimum absolute atomic E-state index is 0. The van der Waals surface area contributed by atoms with Crippen molar-refractivity contribution in [1.29, 1.82) is 0 Å². The van der Waals surface area contributed by atoms with Gasteiger partial charge in [0.1, 0.15) is 0 Å². The van der Waals surface area contributed by atoms with Crippen LogP contribution < -0.4 is 10.6 Å². The van der Waals surface area contributed by atoms with Crippen LogP contribution in [-0.2, 0) is 4.79 Å². The SMILES string of the molecule is CCNCCNC(=O)C1(Sc2ccc(C)cc2)CCCC1.Cl. The molecule has 0 unspecified atom stereocenters. The van der Waals surface area contributed by atoms with Gasteiger partial charge in [-0.05, 0) is 38.4 Å². The summed E-state index contributed by atoms with van der Waals surface area (Å²) < 4.78 is -0.262. The van der Waals surface area contributed by atoms with E-state index in [4.69, 9.17) is 0 Å². The fourth-order valence-electron chi connectivity index (χ4n) is 2.76. The second kappa shape index (κ2) is 9.43. The van der Waals surface area contributed by atoms with Gasteiger partial charge in [0.2, 0.25) is 5.91 Å². The fraction of sp³-hybridized carbons (Fsp3) is 0.588. The van der Waals surface area contributed by atoms with Crippen LogP contribution in [0.4, 0.5) is 0 Å². The molecule has 0 spiro atoms. The molecule has 0 bridgehead atoms. The van der Waals surface area contributed by atoms with E-state index in [1.165, 1.54) is 10.5 Å². The summed E-state index contributed by atoms with van der Waals surface area (Å²) in [6.07, 6.45) is 4.27. The summed E-state index contributed by atoms with van der Waals surface area (Å²) in [5.41, 5.74) is 1.26. The molecular weight excluding hydrogens is 316 g/mol. The lowest BCUT2D eigenvalue weighted by Crippen LogP contribution is -2.44. The zero-order chi connectivity index (χ0) is 15.1. The van der Waals surface area contributed by atoms with Gasteiger partial charge in [-0.15, -0.1) is 24.2 Å². The van der Waals surface area contributed by atoms with Gasteiger partial charge in [0.05, 0.1) is 4.75 Å². The van der Waals surface area contributed by atoms with Gasteiger partial charge in [-0.2, -0.15) is 0 Å². The van der Waals surface area contributed by atoms with E-state index in [0.29, 0.717) is 6.54 Å². The second-order valence-electron chi connectivity index (χ2n) is 5.73. The molecule has 0 aromatic heterocycles. The monoisotopic (exact) mass is 342 g/mol. The number of likely N-dealkylation sites (N-methyl/N-ethyl adjacent to an activating group) is 1. The molecule has 1 aromatic carbocycles. The standard InChI is InChI=1S/C17H26N2OS.ClH/c1-3-18-12-13-19-16(20)17(10-4-5-11-17)21-15-8-6-14(2)7-9-15;/h6-9,18H,3-5,10-13H2,1-2H3,(H,19,20);1H. The lowest BCUT2D eigenvalue weighted by atomic mass is 10.1. The molecule has 1 fully saturated rings. The number of carbonyl (C=O) groups excluding carboxylic acids is 1. The van der Waals surface area contributed by atoms with E-state index in [0.717, 1.165) is 38.8 Å². The first-order chi connectivity index (χ1) is 10.2. The van der Waals surface area contributed by atoms with Crippen molar-refractivity contribution >= 4 is 30.1 Å². The molecule has 0 radical (unpaired) electrons. The van der Waals surface area contributed by atoms with Crippen molar-refractivity contribution in [3.63, 3.8) is 0 Å². The highest BCUT2D eigenvalue weighted by Crippen LogP contribution is 2.45. The Bertz CT molecular complexity index is 458. The van der Waals surface area contributed by atoms with E-state index >= 15 is 0 Å². The molecule has 0 aliphatic heterocycles. The van der Waals surface area contributed by atoms with Crippen molar-refractivity contribution < 1.29 is 4.79 Å². The molecule has 22 heavy (non-hydrogen) atoms. The minimum atomic E-state index is -0.262. The van der Waals surface area contributed by atoms with Crippen LogP contribution in [0.1, 0.15) is 38.2 Å². The third-order valence-electron chi connectivity index (χ3n) is 4.00. The smallest absolute Gasteiger partial charge is 0.236 e. The molecule has 3 nitrogen and oxygen atoms in total. The van der Waals surface area contributed by atoms with Crippen LogP contribution >= 0.6 is 24.2 Å². The molecule has 5 heteroatoms. The van der Waals surface area contributed by atoms with Crippen molar-refractivity contribution in [1.82, 2.24) is 10.6 Å². The largest absolute Gasteiger partial charge is 0.354 e. The highest BCUT2D eigenvalue weighted by Gasteiger charge is 2.41. The van der Waals surface area contributed by atoms with Gasteiger partial charge in [0.25, 0.3) is 0 Å². The molecule has 2 rings (SSSR count). The lowest BCUT2D eigenvalue weighted by Gasteiger charge is -2.27. The zero-order valence-electron chi connectivity index (χ0n) is 13.5. The summed E-state index contributed by atoms with van der Waals surface area (Å²) in [7, 11) is 0. The van der Waals surface area contributed by atoms with Crippen LogP contribution in [0.2, 0.25) is 0 Å². The van der Waals surface area contributed by atoms with Crippen LogP contribution in [0, 0.1) is 6.92 Å². The first-order valence-corrected chi connectivity index (χ1v) is 8.73. The van der Waals surface area contributed by atoms with Crippen molar-refractivity contribution in [2.24, 2.45) is 0 Å². The van der Waals surface area contributed by atoms with Gasteiger partial charge in [0, 0.05) is 18.0 Å². The Morgan fingerprint density at radius 3 is 2.41 bits per heavy atom. The Hall–Kier alpha value is -0.710. The molecular formula is C17H27ClN2OS. The summed E-state index contributed by atoms with van der Waals surface area (Å²) >= 11 is 1.75. The van der Waals surface area contributed by atoms with Crippen LogP contribution in [0.5, 0.6) is 0 Å². The molecule has 1 aliphatic rings. The third-order valence-corrected chi connectivity index (χ3v) is 5.49. The summed E-state index contributed by atoms with van der Waals surface area (Å²) in [6, 6.07) is 8.50. The van der Waals surface area contributed by atoms with E-state index in [1.54, 1.807) is 11.8 Å². The number of hydrogen-bond acceptors (Lipinski definition) is 3. The average Bonchev–Trinajstić information content (AvgIpc) is 2.96. The van der Waals surface area contributed by atoms with Crippen LogP contribution in [0.25, 0.3) is 0 Å². The Labute approximate surface area is 144 Å². The van der Waals surface area contributed by atoms with E-state index in [9.17, 15) is 4.79 Å². The number of aryl methyl sites for hydroxylation is 1. The summed E-state index contributed by atoms with van der Waals surface area (Å²) in [6.45, 7) is 6.66. The number of benzene rings is 1. The van der Waals surface area contributed by atoms with Crippen LogP contribution in [0.3, 0.4) is 0 Å². The Balaban J connectivity index is 0.00000242. The molecule has 0 atom stereocenters. The van der Waals surface area contributed by atoms with Gasteiger partial charge in [-0.1, -0.05) is 37.5 Å². The number of nitrogens with one attached hydrogen (secondary N) is 2. The summed E-state index contributed by atoms with van der Waals surface area (Å²) in [5.74, 6) is 0.212. The first kappa shape index (κ1) is 19.3. The van der Waals surface area contributed by atoms with Gasteiger partial charge < -0.3 is 10.6 Å². The molecule has 1 aliphatic carbocycles. The number of rotatable bonds is 7. The van der Waals surface area contributed by atoms with E-state index in [-0.39, 0.29) is 23.1 Å². The highest BCUT2D eigenvalue weighted by atomic mass is 35.5. The lowest BCUT2D eigenvalue weighted by molar-refractivity contribution is -0.123. The molecule has 1 saturated carbocycles. The van der Waals surface area contributed by atoms with Crippen LogP contribution in [-0.4, -0.2) is 30.3 Å². The fourth-order valence-corrected chi connectivity index (χ4v) is 4.14. The summed E-state index contributed by atoms with van der Waals surface area (Å²) in [5, 5.41) is 6.35. The van der Waals surface area contributed by atoms with Gasteiger partial charge in [-0.3, -0.25) is 4.79 Å². The maximum absolute atomic E-state index is 12.6. The molecule has 1 aromatic rings. The topological polar surface area (TPSA) is 41.1 Å². The number of carbonyl (C=O) groups is 1. The van der Waals surface area contributed by atoms with Crippen molar-refractivity contribution in [3.8, 4) is 0 Å². The number of hydrogen-bond donors (Lipinski definition) is 2. The van der Waals surface area contributed by atoms with Crippen molar-refractivity contribution in [3.05, 3.63) is 29.8 Å². The quantitative estimate of drug-likeness (QED) is 0.744. The van der Waals surface area contributed by atoms with Gasteiger partial charge in [0.15, 0.2) is 0 Å². The molecule has 0 heterocycles. The molecule has 124 valence electrons. The first-order valence-electron chi connectivity index (χ1n) is 7.91. The number of amides is 1.